The fraction of sp³-hybridized carbons (Fsp3) is 0.455. The van der Waals surface area contributed by atoms with Crippen LogP contribution < -0.4 is 5.32 Å². The Morgan fingerprint density at radius 2 is 2.00 bits per heavy atom. The van der Waals surface area contributed by atoms with Crippen molar-refractivity contribution in [3.63, 3.8) is 0 Å². The molecule has 0 aromatic heterocycles. The maximum atomic E-state index is 8.77. The van der Waals surface area contributed by atoms with Crippen molar-refractivity contribution in [2.75, 3.05) is 13.2 Å². The number of nitrogens with one attached hydrogen (secondary N) is 1. The first kappa shape index (κ1) is 10.2. The standard InChI is InChI=1S/C11H17NO/c1-10(9-13)12-8-7-11-5-3-2-4-6-11/h2-6,10,12-13H,7-9H2,1H3. The largest absolute Gasteiger partial charge is 0.395 e. The second-order valence-corrected chi connectivity index (χ2v) is 3.27. The third-order valence-corrected chi connectivity index (χ3v) is 2.02. The summed E-state index contributed by atoms with van der Waals surface area (Å²) in [5.41, 5.74) is 1.33. The molecule has 0 amide bonds. The molecule has 2 N–H and O–H groups in total. The fourth-order valence-corrected chi connectivity index (χ4v) is 1.17. The Bertz CT molecular complexity index is 223. The van der Waals surface area contributed by atoms with Crippen LogP contribution in [0.4, 0.5) is 0 Å². The van der Waals surface area contributed by atoms with Crippen LogP contribution in [0.1, 0.15) is 12.5 Å². The maximum Gasteiger partial charge on any atom is 0.0581 e. The van der Waals surface area contributed by atoms with Crippen molar-refractivity contribution in [2.24, 2.45) is 0 Å². The van der Waals surface area contributed by atoms with Gasteiger partial charge in [-0.3, -0.25) is 0 Å². The van der Waals surface area contributed by atoms with E-state index < -0.39 is 0 Å². The van der Waals surface area contributed by atoms with Gasteiger partial charge in [0.2, 0.25) is 0 Å². The summed E-state index contributed by atoms with van der Waals surface area (Å²) in [7, 11) is 0. The lowest BCUT2D eigenvalue weighted by molar-refractivity contribution is 0.252. The molecule has 1 rings (SSSR count). The van der Waals surface area contributed by atoms with Crippen LogP contribution in [0.5, 0.6) is 0 Å². The molecule has 0 bridgehead atoms. The minimum atomic E-state index is 0.198. The van der Waals surface area contributed by atoms with Gasteiger partial charge in [-0.2, -0.15) is 0 Å². The van der Waals surface area contributed by atoms with Crippen LogP contribution in [0.25, 0.3) is 0 Å². The third-order valence-electron chi connectivity index (χ3n) is 2.02. The molecule has 0 saturated heterocycles. The average molecular weight is 179 g/mol. The van der Waals surface area contributed by atoms with Crippen molar-refractivity contribution >= 4 is 0 Å². The van der Waals surface area contributed by atoms with E-state index in [4.69, 9.17) is 5.11 Å². The van der Waals surface area contributed by atoms with E-state index in [9.17, 15) is 0 Å². The van der Waals surface area contributed by atoms with E-state index in [0.29, 0.717) is 0 Å². The zero-order chi connectivity index (χ0) is 9.52. The van der Waals surface area contributed by atoms with Gasteiger partial charge in [0.15, 0.2) is 0 Å². The van der Waals surface area contributed by atoms with Crippen LogP contribution in [0.15, 0.2) is 30.3 Å². The number of aliphatic hydroxyl groups excluding tert-OH is 1. The van der Waals surface area contributed by atoms with Crippen LogP contribution >= 0.6 is 0 Å². The van der Waals surface area contributed by atoms with Gasteiger partial charge in [0.05, 0.1) is 6.61 Å². The molecule has 13 heavy (non-hydrogen) atoms. The Hall–Kier alpha value is -0.860. The van der Waals surface area contributed by atoms with E-state index >= 15 is 0 Å². The zero-order valence-electron chi connectivity index (χ0n) is 8.03. The van der Waals surface area contributed by atoms with E-state index in [1.165, 1.54) is 5.56 Å². The lowest BCUT2D eigenvalue weighted by Gasteiger charge is -2.09. The Labute approximate surface area is 79.6 Å². The molecule has 0 aliphatic rings. The van der Waals surface area contributed by atoms with Crippen LogP contribution in [0, 0.1) is 0 Å². The molecule has 1 aromatic carbocycles. The molecule has 0 fully saturated rings. The summed E-state index contributed by atoms with van der Waals surface area (Å²) in [5, 5.41) is 12.0. The van der Waals surface area contributed by atoms with Gasteiger partial charge < -0.3 is 10.4 Å². The van der Waals surface area contributed by atoms with Gasteiger partial charge in [-0.1, -0.05) is 30.3 Å². The molecule has 0 aliphatic carbocycles. The number of hydrogen-bond donors (Lipinski definition) is 2. The van der Waals surface area contributed by atoms with Crippen molar-refractivity contribution < 1.29 is 5.11 Å². The minimum absolute atomic E-state index is 0.198. The first-order valence-corrected chi connectivity index (χ1v) is 4.71. The van der Waals surface area contributed by atoms with Crippen LogP contribution in [-0.2, 0) is 6.42 Å². The van der Waals surface area contributed by atoms with Crippen molar-refractivity contribution in [1.82, 2.24) is 5.32 Å². The molecular formula is C11H17NO. The van der Waals surface area contributed by atoms with Crippen molar-refractivity contribution in [2.45, 2.75) is 19.4 Å². The highest BCUT2D eigenvalue weighted by Gasteiger charge is 1.97. The van der Waals surface area contributed by atoms with Gasteiger partial charge in [-0.05, 0) is 25.5 Å². The van der Waals surface area contributed by atoms with Crippen LogP contribution in [-0.4, -0.2) is 24.3 Å². The summed E-state index contributed by atoms with van der Waals surface area (Å²) in [6, 6.07) is 10.5. The van der Waals surface area contributed by atoms with Crippen molar-refractivity contribution in [3.05, 3.63) is 35.9 Å². The summed E-state index contributed by atoms with van der Waals surface area (Å²) < 4.78 is 0. The minimum Gasteiger partial charge on any atom is -0.395 e. The molecule has 0 heterocycles. The van der Waals surface area contributed by atoms with Crippen LogP contribution in [0.3, 0.4) is 0 Å². The van der Waals surface area contributed by atoms with E-state index in [1.54, 1.807) is 0 Å². The molecule has 1 aromatic rings. The van der Waals surface area contributed by atoms with Crippen molar-refractivity contribution in [3.8, 4) is 0 Å². The molecule has 0 radical (unpaired) electrons. The predicted molar refractivity (Wildman–Crippen MR) is 54.7 cm³/mol. The van der Waals surface area contributed by atoms with E-state index in [2.05, 4.69) is 17.4 Å². The Balaban J connectivity index is 2.20. The number of benzene rings is 1. The summed E-state index contributed by atoms with van der Waals surface area (Å²) in [4.78, 5) is 0. The molecule has 1 unspecified atom stereocenters. The van der Waals surface area contributed by atoms with Gasteiger partial charge in [-0.25, -0.2) is 0 Å². The van der Waals surface area contributed by atoms with E-state index in [-0.39, 0.29) is 12.6 Å². The topological polar surface area (TPSA) is 32.3 Å². The molecule has 0 aliphatic heterocycles. The number of aliphatic hydroxyl groups is 1. The SMILES string of the molecule is CC(CO)NCCc1ccccc1. The Morgan fingerprint density at radius 1 is 1.31 bits per heavy atom. The number of rotatable bonds is 5. The zero-order valence-corrected chi connectivity index (χ0v) is 8.03. The summed E-state index contributed by atoms with van der Waals surface area (Å²) in [6.45, 7) is 3.10. The molecule has 1 atom stereocenters. The summed E-state index contributed by atoms with van der Waals surface area (Å²) in [5.74, 6) is 0. The second-order valence-electron chi connectivity index (χ2n) is 3.27. The molecule has 2 heteroatoms. The number of hydrogen-bond acceptors (Lipinski definition) is 2. The normalized spacial score (nSPS) is 12.8. The highest BCUT2D eigenvalue weighted by atomic mass is 16.3. The smallest absolute Gasteiger partial charge is 0.0581 e. The van der Waals surface area contributed by atoms with E-state index in [0.717, 1.165) is 13.0 Å². The van der Waals surface area contributed by atoms with Gasteiger partial charge >= 0.3 is 0 Å². The highest BCUT2D eigenvalue weighted by molar-refractivity contribution is 5.14. The molecule has 72 valence electrons. The Kier molecular flexibility index (Phi) is 4.50. The monoisotopic (exact) mass is 179 g/mol. The van der Waals surface area contributed by atoms with Gasteiger partial charge in [0.25, 0.3) is 0 Å². The second kappa shape index (κ2) is 5.73. The predicted octanol–water partition coefficient (Wildman–Crippen LogP) is 1.20. The first-order valence-electron chi connectivity index (χ1n) is 4.71. The molecular weight excluding hydrogens is 162 g/mol. The maximum absolute atomic E-state index is 8.77. The average Bonchev–Trinajstić information content (AvgIpc) is 2.19. The molecule has 0 saturated carbocycles. The molecule has 2 nitrogen and oxygen atoms in total. The quantitative estimate of drug-likeness (QED) is 0.712. The van der Waals surface area contributed by atoms with Crippen LogP contribution in [0.2, 0.25) is 0 Å². The fourth-order valence-electron chi connectivity index (χ4n) is 1.17. The summed E-state index contributed by atoms with van der Waals surface area (Å²) >= 11 is 0. The van der Waals surface area contributed by atoms with E-state index in [1.807, 2.05) is 25.1 Å². The lowest BCUT2D eigenvalue weighted by atomic mass is 10.1. The molecule has 0 spiro atoms. The van der Waals surface area contributed by atoms with Gasteiger partial charge in [-0.15, -0.1) is 0 Å². The Morgan fingerprint density at radius 3 is 2.62 bits per heavy atom. The highest BCUT2D eigenvalue weighted by Crippen LogP contribution is 1.98. The first-order chi connectivity index (χ1) is 6.33. The summed E-state index contributed by atoms with van der Waals surface area (Å²) in [6.07, 6.45) is 1.02. The van der Waals surface area contributed by atoms with Crippen molar-refractivity contribution in [1.29, 1.82) is 0 Å². The van der Waals surface area contributed by atoms with Gasteiger partial charge in [0, 0.05) is 6.04 Å². The van der Waals surface area contributed by atoms with Gasteiger partial charge in [0.1, 0.15) is 0 Å². The third kappa shape index (κ3) is 4.06. The lowest BCUT2D eigenvalue weighted by Crippen LogP contribution is -2.30.